The van der Waals surface area contributed by atoms with Crippen LogP contribution in [0.4, 0.5) is 0 Å². The van der Waals surface area contributed by atoms with Gasteiger partial charge in [-0.15, -0.1) is 0 Å². The second kappa shape index (κ2) is 39.8. The summed E-state index contributed by atoms with van der Waals surface area (Å²) in [6, 6.07) is -0.946. The third-order valence-corrected chi connectivity index (χ3v) is 12.1. The van der Waals surface area contributed by atoms with Crippen LogP contribution in [0.5, 0.6) is 0 Å². The summed E-state index contributed by atoms with van der Waals surface area (Å²) in [6.45, 7) is 2.60. The predicted octanol–water partition coefficient (Wildman–Crippen LogP) is 6.99. The molecule has 2 fully saturated rings. The van der Waals surface area contributed by atoms with Crippen molar-refractivity contribution in [3.05, 3.63) is 85.1 Å². The Hall–Kier alpha value is -2.83. The monoisotopic (exact) mass is 962 g/mol. The van der Waals surface area contributed by atoms with Crippen LogP contribution >= 0.6 is 0 Å². The summed E-state index contributed by atoms with van der Waals surface area (Å²) < 4.78 is 22.7. The Balaban J connectivity index is 1.85. The summed E-state index contributed by atoms with van der Waals surface area (Å²) in [6.07, 6.45) is 34.8. The second-order valence-electron chi connectivity index (χ2n) is 17.9. The molecular formula is C54H91NO13. The maximum absolute atomic E-state index is 13.2. The highest BCUT2D eigenvalue weighted by Gasteiger charge is 2.51. The van der Waals surface area contributed by atoms with Gasteiger partial charge in [0, 0.05) is 6.42 Å². The summed E-state index contributed by atoms with van der Waals surface area (Å²) in [5, 5.41) is 86.7. The van der Waals surface area contributed by atoms with Crippen molar-refractivity contribution in [3.8, 4) is 0 Å². The highest BCUT2D eigenvalue weighted by Crippen LogP contribution is 2.30. The number of hydrogen-bond donors (Lipinski definition) is 9. The van der Waals surface area contributed by atoms with E-state index in [2.05, 4.69) is 92.1 Å². The molecular weight excluding hydrogens is 871 g/mol. The van der Waals surface area contributed by atoms with Crippen LogP contribution in [-0.4, -0.2) is 140 Å². The van der Waals surface area contributed by atoms with E-state index < -0.39 is 86.8 Å². The van der Waals surface area contributed by atoms with Crippen LogP contribution in [0.15, 0.2) is 85.1 Å². The zero-order valence-electron chi connectivity index (χ0n) is 41.3. The lowest BCUT2D eigenvalue weighted by Crippen LogP contribution is -2.65. The Labute approximate surface area is 408 Å². The van der Waals surface area contributed by atoms with Gasteiger partial charge in [0.05, 0.1) is 32.0 Å². The standard InChI is InChI=1S/C54H91NO13/c1-3-5-7-9-11-13-15-17-18-19-20-21-22-23-24-26-28-30-32-34-36-38-46(59)55-42(43(58)37-35-33-31-29-27-25-16-14-12-10-8-6-4-2)41-65-53-51(64)49(62)52(45(40-57)67-53)68-54-50(63)48(61)47(60)44(39-56)66-54/h5,7,11,13,17-18,20-21,23-24,27,29,35,37,42-45,47-54,56-58,60-64H,3-4,6,8-10,12,14-16,19,22,25-26,28,30-34,36,38-41H2,1-2H3,(H,55,59)/b7-5-,13-11-,18-17-,21-20-,24-23-,29-27+,37-35+. The first-order chi connectivity index (χ1) is 33.1. The third-order valence-electron chi connectivity index (χ3n) is 12.1. The van der Waals surface area contributed by atoms with E-state index in [-0.39, 0.29) is 18.9 Å². The number of aliphatic hydroxyl groups excluding tert-OH is 8. The van der Waals surface area contributed by atoms with Gasteiger partial charge in [-0.1, -0.05) is 157 Å². The molecule has 2 aliphatic heterocycles. The number of hydrogen-bond acceptors (Lipinski definition) is 13. The minimum atomic E-state index is -1.80. The molecule has 14 nitrogen and oxygen atoms in total. The number of nitrogens with one attached hydrogen (secondary N) is 1. The number of carbonyl (C=O) groups excluding carboxylic acids is 1. The Morgan fingerprint density at radius 1 is 0.544 bits per heavy atom. The zero-order valence-corrected chi connectivity index (χ0v) is 41.3. The van der Waals surface area contributed by atoms with E-state index in [1.54, 1.807) is 6.08 Å². The molecule has 12 atom stereocenters. The highest BCUT2D eigenvalue weighted by atomic mass is 16.7. The SMILES string of the molecule is CC/C=C\C/C=C\C/C=C\C/C=C\C/C=C\CCCCCCCC(=O)NC(COC1OC(CO)C(OC2OC(CO)C(O)C(O)C2O)C(O)C1O)C(O)/C=C/CC/C=C/CCCCCCCCC. The summed E-state index contributed by atoms with van der Waals surface area (Å²) in [5.41, 5.74) is 0. The molecule has 0 saturated carbocycles. The predicted molar refractivity (Wildman–Crippen MR) is 267 cm³/mol. The fourth-order valence-electron chi connectivity index (χ4n) is 7.86. The molecule has 0 bridgehead atoms. The molecule has 2 rings (SSSR count). The third kappa shape index (κ3) is 26.4. The normalized spacial score (nSPS) is 27.1. The molecule has 2 aliphatic rings. The van der Waals surface area contributed by atoms with Gasteiger partial charge in [-0.05, 0) is 77.0 Å². The van der Waals surface area contributed by atoms with Gasteiger partial charge in [0.25, 0.3) is 0 Å². The summed E-state index contributed by atoms with van der Waals surface area (Å²) in [4.78, 5) is 13.2. The largest absolute Gasteiger partial charge is 0.394 e. The molecule has 2 heterocycles. The molecule has 0 aromatic carbocycles. The minimum Gasteiger partial charge on any atom is -0.394 e. The number of rotatable bonds is 38. The van der Waals surface area contributed by atoms with E-state index in [0.29, 0.717) is 12.8 Å². The van der Waals surface area contributed by atoms with E-state index in [4.69, 9.17) is 18.9 Å². The number of allylic oxidation sites excluding steroid dienone is 13. The summed E-state index contributed by atoms with van der Waals surface area (Å²) in [5.74, 6) is -0.274. The van der Waals surface area contributed by atoms with Gasteiger partial charge in [-0.3, -0.25) is 4.79 Å². The maximum atomic E-state index is 13.2. The lowest BCUT2D eigenvalue weighted by molar-refractivity contribution is -0.359. The number of ether oxygens (including phenoxy) is 4. The highest BCUT2D eigenvalue weighted by molar-refractivity contribution is 5.76. The van der Waals surface area contributed by atoms with E-state index in [1.807, 2.05) is 6.08 Å². The first-order valence-corrected chi connectivity index (χ1v) is 25.8. The molecule has 12 unspecified atom stereocenters. The van der Waals surface area contributed by atoms with Gasteiger partial charge in [0.1, 0.15) is 48.8 Å². The molecule has 14 heteroatoms. The maximum Gasteiger partial charge on any atom is 0.220 e. The molecule has 9 N–H and O–H groups in total. The van der Waals surface area contributed by atoms with Crippen molar-refractivity contribution in [1.29, 1.82) is 0 Å². The van der Waals surface area contributed by atoms with Gasteiger partial charge in [0.2, 0.25) is 5.91 Å². The van der Waals surface area contributed by atoms with Crippen molar-refractivity contribution >= 4 is 5.91 Å². The van der Waals surface area contributed by atoms with E-state index in [9.17, 15) is 45.6 Å². The van der Waals surface area contributed by atoms with Crippen molar-refractivity contribution in [2.75, 3.05) is 19.8 Å². The Kier molecular flexibility index (Phi) is 35.9. The van der Waals surface area contributed by atoms with Gasteiger partial charge in [0.15, 0.2) is 12.6 Å². The first-order valence-electron chi connectivity index (χ1n) is 25.8. The average Bonchev–Trinajstić information content (AvgIpc) is 3.34. The quantitative estimate of drug-likeness (QED) is 0.0225. The molecule has 2 saturated heterocycles. The van der Waals surface area contributed by atoms with E-state index >= 15 is 0 Å². The second-order valence-corrected chi connectivity index (χ2v) is 17.9. The van der Waals surface area contributed by atoms with Crippen LogP contribution in [0.3, 0.4) is 0 Å². The Morgan fingerprint density at radius 3 is 1.62 bits per heavy atom. The molecule has 0 aromatic rings. The van der Waals surface area contributed by atoms with Crippen LogP contribution in [0.25, 0.3) is 0 Å². The number of unbranched alkanes of at least 4 members (excludes halogenated alkanes) is 13. The van der Waals surface area contributed by atoms with E-state index in [1.165, 1.54) is 44.9 Å². The lowest BCUT2D eigenvalue weighted by Gasteiger charge is -2.46. The average molecular weight is 962 g/mol. The van der Waals surface area contributed by atoms with E-state index in [0.717, 1.165) is 77.0 Å². The van der Waals surface area contributed by atoms with Crippen LogP contribution in [0.1, 0.15) is 155 Å². The van der Waals surface area contributed by atoms with Crippen LogP contribution in [0.2, 0.25) is 0 Å². The lowest BCUT2D eigenvalue weighted by atomic mass is 9.97. The minimum absolute atomic E-state index is 0.246. The number of amides is 1. The molecule has 0 spiro atoms. The smallest absolute Gasteiger partial charge is 0.220 e. The summed E-state index contributed by atoms with van der Waals surface area (Å²) in [7, 11) is 0. The van der Waals surface area contributed by atoms with Crippen LogP contribution in [-0.2, 0) is 23.7 Å². The van der Waals surface area contributed by atoms with Crippen molar-refractivity contribution in [3.63, 3.8) is 0 Å². The fourth-order valence-corrected chi connectivity index (χ4v) is 7.86. The molecule has 1 amide bonds. The molecule has 0 aliphatic carbocycles. The Bertz CT molecular complexity index is 1460. The van der Waals surface area contributed by atoms with Gasteiger partial charge >= 0.3 is 0 Å². The fraction of sp³-hybridized carbons (Fsp3) is 0.722. The van der Waals surface area contributed by atoms with Crippen molar-refractivity contribution in [1.82, 2.24) is 5.32 Å². The molecule has 390 valence electrons. The van der Waals surface area contributed by atoms with Crippen molar-refractivity contribution < 1.29 is 64.6 Å². The zero-order chi connectivity index (χ0) is 49.6. The van der Waals surface area contributed by atoms with Gasteiger partial charge < -0.3 is 65.1 Å². The number of carbonyl (C=O) groups is 1. The number of aliphatic hydroxyl groups is 8. The summed E-state index contributed by atoms with van der Waals surface area (Å²) >= 11 is 0. The van der Waals surface area contributed by atoms with Gasteiger partial charge in [-0.2, -0.15) is 0 Å². The van der Waals surface area contributed by atoms with Crippen molar-refractivity contribution in [2.24, 2.45) is 0 Å². The Morgan fingerprint density at radius 2 is 1.03 bits per heavy atom. The topological polar surface area (TPSA) is 228 Å². The first kappa shape index (κ1) is 61.3. The molecule has 0 radical (unpaired) electrons. The van der Waals surface area contributed by atoms with Gasteiger partial charge in [-0.25, -0.2) is 0 Å². The van der Waals surface area contributed by atoms with Crippen LogP contribution < -0.4 is 5.32 Å². The van der Waals surface area contributed by atoms with Crippen molar-refractivity contribution in [2.45, 2.75) is 229 Å². The molecule has 0 aromatic heterocycles. The van der Waals surface area contributed by atoms with Crippen LogP contribution in [0, 0.1) is 0 Å². The molecule has 68 heavy (non-hydrogen) atoms.